The van der Waals surface area contributed by atoms with E-state index in [0.717, 1.165) is 50.6 Å². The summed E-state index contributed by atoms with van der Waals surface area (Å²) in [5.74, 6) is -0.816. The van der Waals surface area contributed by atoms with Gasteiger partial charge in [-0.15, -0.1) is 0 Å². The minimum absolute atomic E-state index is 0.0707. The van der Waals surface area contributed by atoms with Gasteiger partial charge in [-0.05, 0) is 38.5 Å². The number of rotatable bonds is 10. The number of likely N-dealkylation sites (tertiary alicyclic amines) is 1. The van der Waals surface area contributed by atoms with Crippen molar-refractivity contribution in [2.45, 2.75) is 46.6 Å². The fourth-order valence-electron chi connectivity index (χ4n) is 4.64. The average molecular weight is 556 g/mol. The summed E-state index contributed by atoms with van der Waals surface area (Å²) in [6.07, 6.45) is 8.40. The van der Waals surface area contributed by atoms with Gasteiger partial charge in [0.05, 0.1) is 24.3 Å². The highest BCUT2D eigenvalue weighted by atomic mass is 19.1. The first-order valence-electron chi connectivity index (χ1n) is 13.3. The van der Waals surface area contributed by atoms with Gasteiger partial charge in [0.25, 0.3) is 0 Å². The maximum Gasteiger partial charge on any atom is 0.221 e. The molecule has 1 aromatic carbocycles. The maximum absolute atomic E-state index is 13.3. The number of amides is 1. The second-order valence-electron chi connectivity index (χ2n) is 11.4. The summed E-state index contributed by atoms with van der Waals surface area (Å²) in [5, 5.41) is 6.60. The predicted octanol–water partition coefficient (Wildman–Crippen LogP) is 5.75. The van der Waals surface area contributed by atoms with E-state index in [1.807, 2.05) is 45.1 Å². The molecule has 0 radical (unpaired) electrons. The van der Waals surface area contributed by atoms with Crippen molar-refractivity contribution in [3.8, 4) is 11.3 Å². The highest BCUT2D eigenvalue weighted by Gasteiger charge is 2.42. The zero-order valence-corrected chi connectivity index (χ0v) is 23.9. The molecule has 40 heavy (non-hydrogen) atoms. The number of Topliss-reactive ketones (excluding diaryl/α,β-unsaturated/α-hetero) is 1. The summed E-state index contributed by atoms with van der Waals surface area (Å²) in [6.45, 7) is 18.5. The molecule has 7 nitrogen and oxygen atoms in total. The number of ether oxygens (including phenoxy) is 1. The van der Waals surface area contributed by atoms with Gasteiger partial charge in [0.2, 0.25) is 5.91 Å². The van der Waals surface area contributed by atoms with Crippen LogP contribution in [0.15, 0.2) is 65.2 Å². The molecule has 1 amide bonds. The van der Waals surface area contributed by atoms with Crippen molar-refractivity contribution in [1.82, 2.24) is 15.4 Å². The molecule has 1 N–H and O–H groups in total. The van der Waals surface area contributed by atoms with Crippen LogP contribution in [0.5, 0.6) is 0 Å². The second kappa shape index (κ2) is 13.3. The molecule has 4 rings (SSSR count). The fourth-order valence-corrected chi connectivity index (χ4v) is 4.64. The van der Waals surface area contributed by atoms with Crippen LogP contribution < -0.4 is 5.32 Å². The van der Waals surface area contributed by atoms with Crippen molar-refractivity contribution in [2.24, 2.45) is 11.3 Å². The molecule has 2 saturated heterocycles. The van der Waals surface area contributed by atoms with Gasteiger partial charge in [-0.2, -0.15) is 0 Å². The molecule has 2 aliphatic rings. The Labute approximate surface area is 234 Å². The van der Waals surface area contributed by atoms with Crippen LogP contribution in [0, 0.1) is 23.0 Å². The third-order valence-corrected chi connectivity index (χ3v) is 6.94. The van der Waals surface area contributed by atoms with Gasteiger partial charge in [-0.25, -0.2) is 8.78 Å². The molecule has 2 fully saturated rings. The summed E-state index contributed by atoms with van der Waals surface area (Å²) < 4.78 is 36.0. The average Bonchev–Trinajstić information content (AvgIpc) is 3.30. The van der Waals surface area contributed by atoms with Crippen LogP contribution in [0.2, 0.25) is 0 Å². The van der Waals surface area contributed by atoms with Gasteiger partial charge in [0.1, 0.15) is 17.3 Å². The van der Waals surface area contributed by atoms with E-state index in [1.165, 1.54) is 19.1 Å². The molecule has 2 aromatic rings. The molecule has 1 aromatic heterocycles. The summed E-state index contributed by atoms with van der Waals surface area (Å²) in [5.41, 5.74) is 0.741. The van der Waals surface area contributed by atoms with Gasteiger partial charge in [0.15, 0.2) is 11.5 Å². The lowest BCUT2D eigenvalue weighted by Gasteiger charge is -2.50. The van der Waals surface area contributed by atoms with Crippen LogP contribution in [0.4, 0.5) is 8.78 Å². The SMILES string of the molecule is C=C(/C=C\C=C/C)C(C)(C)NC(=O)CC1(C)CN(CC2COC2)C1.CC(=O)c1cc(-c2ccc(F)cc2F)on1. The molecule has 216 valence electrons. The maximum atomic E-state index is 13.3. The van der Waals surface area contributed by atoms with E-state index >= 15 is 0 Å². The number of halogens is 2. The van der Waals surface area contributed by atoms with Crippen LogP contribution in [0.25, 0.3) is 11.3 Å². The number of benzene rings is 1. The molecule has 0 atom stereocenters. The van der Waals surface area contributed by atoms with Gasteiger partial charge in [0, 0.05) is 56.4 Å². The quantitative estimate of drug-likeness (QED) is 0.297. The Morgan fingerprint density at radius 3 is 2.48 bits per heavy atom. The van der Waals surface area contributed by atoms with E-state index in [2.05, 4.69) is 28.9 Å². The van der Waals surface area contributed by atoms with Crippen molar-refractivity contribution in [2.75, 3.05) is 32.8 Å². The molecular formula is C31H39F2N3O4. The largest absolute Gasteiger partial charge is 0.381 e. The minimum atomic E-state index is -0.758. The van der Waals surface area contributed by atoms with E-state index in [-0.39, 0.29) is 34.1 Å². The van der Waals surface area contributed by atoms with E-state index in [1.54, 1.807) is 0 Å². The minimum Gasteiger partial charge on any atom is -0.381 e. The molecule has 2 aliphatic heterocycles. The van der Waals surface area contributed by atoms with Crippen molar-refractivity contribution in [1.29, 1.82) is 0 Å². The van der Waals surface area contributed by atoms with E-state index in [4.69, 9.17) is 9.26 Å². The number of aromatic nitrogens is 1. The molecular weight excluding hydrogens is 516 g/mol. The van der Waals surface area contributed by atoms with Crippen molar-refractivity contribution in [3.63, 3.8) is 0 Å². The summed E-state index contributed by atoms with van der Waals surface area (Å²) >= 11 is 0. The third-order valence-electron chi connectivity index (χ3n) is 6.94. The predicted molar refractivity (Wildman–Crippen MR) is 151 cm³/mol. The first-order valence-corrected chi connectivity index (χ1v) is 13.3. The van der Waals surface area contributed by atoms with Gasteiger partial charge in [-0.1, -0.05) is 43.0 Å². The molecule has 3 heterocycles. The van der Waals surface area contributed by atoms with E-state index in [0.29, 0.717) is 12.3 Å². The second-order valence-corrected chi connectivity index (χ2v) is 11.4. The van der Waals surface area contributed by atoms with Gasteiger partial charge in [-0.3, -0.25) is 9.59 Å². The molecule has 0 bridgehead atoms. The zero-order chi connectivity index (χ0) is 29.5. The lowest BCUT2D eigenvalue weighted by Crippen LogP contribution is -2.59. The summed E-state index contributed by atoms with van der Waals surface area (Å²) in [6, 6.07) is 4.40. The number of ketones is 1. The summed E-state index contributed by atoms with van der Waals surface area (Å²) in [7, 11) is 0. The lowest BCUT2D eigenvalue weighted by atomic mass is 9.77. The highest BCUT2D eigenvalue weighted by molar-refractivity contribution is 5.92. The van der Waals surface area contributed by atoms with E-state index in [9.17, 15) is 18.4 Å². The Morgan fingerprint density at radius 2 is 1.93 bits per heavy atom. The normalized spacial score (nSPS) is 17.2. The van der Waals surface area contributed by atoms with Crippen LogP contribution in [0.1, 0.15) is 51.5 Å². The Hall–Kier alpha value is -3.43. The fraction of sp³-hybridized carbons (Fsp3) is 0.452. The Bertz CT molecular complexity index is 1270. The van der Waals surface area contributed by atoms with Gasteiger partial charge >= 0.3 is 0 Å². The zero-order valence-electron chi connectivity index (χ0n) is 23.9. The molecule has 0 saturated carbocycles. The number of carbonyl (C=O) groups is 2. The first kappa shape index (κ1) is 31.1. The van der Waals surface area contributed by atoms with E-state index < -0.39 is 17.2 Å². The van der Waals surface area contributed by atoms with Crippen LogP contribution >= 0.6 is 0 Å². The molecule has 0 aliphatic carbocycles. The Morgan fingerprint density at radius 1 is 1.23 bits per heavy atom. The van der Waals surface area contributed by atoms with Gasteiger partial charge < -0.3 is 19.5 Å². The van der Waals surface area contributed by atoms with Crippen molar-refractivity contribution >= 4 is 11.7 Å². The smallest absolute Gasteiger partial charge is 0.221 e. The van der Waals surface area contributed by atoms with Crippen LogP contribution in [0.3, 0.4) is 0 Å². The standard InChI is InChI=1S/C20H32N2O2.C11H7F2NO2/c1-6-7-8-9-16(2)19(3,4)21-18(23)10-20(5)14-22(15-20)11-17-12-24-13-17;1-6(15)10-5-11(16-14-10)8-3-2-7(12)4-9(8)13/h6-9,17H,2,10-15H2,1,3-5H3,(H,21,23);2-5H,1H3/b7-6-,9-8-;. The number of hydrogen-bond acceptors (Lipinski definition) is 6. The first-order chi connectivity index (χ1) is 18.8. The third kappa shape index (κ3) is 8.53. The van der Waals surface area contributed by atoms with Crippen LogP contribution in [-0.2, 0) is 9.53 Å². The summed E-state index contributed by atoms with van der Waals surface area (Å²) in [4.78, 5) is 25.9. The number of nitrogens with zero attached hydrogens (tertiary/aromatic N) is 2. The number of nitrogens with one attached hydrogen (secondary N) is 1. The monoisotopic (exact) mass is 555 g/mol. The number of hydrogen-bond donors (Lipinski definition) is 1. The Kier molecular flexibility index (Phi) is 10.3. The van der Waals surface area contributed by atoms with Crippen molar-refractivity contribution < 1.29 is 27.6 Å². The topological polar surface area (TPSA) is 84.7 Å². The molecule has 0 unspecified atom stereocenters. The molecule has 9 heteroatoms. The number of carbonyl (C=O) groups excluding carboxylic acids is 2. The van der Waals surface area contributed by atoms with Crippen LogP contribution in [-0.4, -0.2) is 60.1 Å². The molecule has 0 spiro atoms. The number of allylic oxidation sites excluding steroid dienone is 3. The highest BCUT2D eigenvalue weighted by Crippen LogP contribution is 2.35. The lowest BCUT2D eigenvalue weighted by molar-refractivity contribution is -0.129. The van der Waals surface area contributed by atoms with Crippen molar-refractivity contribution in [3.05, 3.63) is 78.0 Å². The Balaban J connectivity index is 0.000000238.